The molecule has 0 spiro atoms. The van der Waals surface area contributed by atoms with Gasteiger partial charge in [-0.3, -0.25) is 4.79 Å². The fourth-order valence-corrected chi connectivity index (χ4v) is 3.89. The number of amides is 1. The number of halogens is 3. The van der Waals surface area contributed by atoms with E-state index in [0.29, 0.717) is 30.0 Å². The van der Waals surface area contributed by atoms with Gasteiger partial charge in [0.1, 0.15) is 11.0 Å². The van der Waals surface area contributed by atoms with Gasteiger partial charge in [-0.25, -0.2) is 21.7 Å². The predicted octanol–water partition coefficient (Wildman–Crippen LogP) is 2.45. The van der Waals surface area contributed by atoms with Gasteiger partial charge in [-0.1, -0.05) is 6.07 Å². The lowest BCUT2D eigenvalue weighted by Gasteiger charge is -2.14. The van der Waals surface area contributed by atoms with Crippen LogP contribution >= 0.6 is 0 Å². The summed E-state index contributed by atoms with van der Waals surface area (Å²) in [5, 5.41) is 11.8. The number of hydrogen-bond donors (Lipinski definition) is 2. The molecule has 0 bridgehead atoms. The Hall–Kier alpha value is -2.23. The van der Waals surface area contributed by atoms with Crippen molar-refractivity contribution in [1.29, 1.82) is 0 Å². The average molecular weight is 384 g/mol. The molecular formula is C17H15F3N2O3S. The third-order valence-corrected chi connectivity index (χ3v) is 5.36. The number of nitrogens with one attached hydrogen (secondary N) is 1. The van der Waals surface area contributed by atoms with Crippen LogP contribution in [0.2, 0.25) is 0 Å². The van der Waals surface area contributed by atoms with E-state index in [1.165, 1.54) is 18.2 Å². The van der Waals surface area contributed by atoms with Crippen LogP contribution in [0.25, 0.3) is 0 Å². The fourth-order valence-electron chi connectivity index (χ4n) is 2.59. The van der Waals surface area contributed by atoms with Crippen LogP contribution in [0.4, 0.5) is 18.9 Å². The number of hydrogen-bond acceptors (Lipinski definition) is 3. The molecule has 0 radical (unpaired) electrons. The summed E-state index contributed by atoms with van der Waals surface area (Å²) in [5.74, 6) is -5.13. The quantitative estimate of drug-likeness (QED) is 0.796. The summed E-state index contributed by atoms with van der Waals surface area (Å²) in [7, 11) is -1.54. The van der Waals surface area contributed by atoms with Gasteiger partial charge in [0.25, 0.3) is 5.91 Å². The van der Waals surface area contributed by atoms with Gasteiger partial charge in [0, 0.05) is 36.5 Å². The maximum atomic E-state index is 13.2. The van der Waals surface area contributed by atoms with E-state index in [2.05, 4.69) is 5.32 Å². The normalized spacial score (nSPS) is 18.7. The molecule has 1 saturated heterocycles. The summed E-state index contributed by atoms with van der Waals surface area (Å²) in [6, 6.07) is 7.29. The van der Waals surface area contributed by atoms with Gasteiger partial charge < -0.3 is 10.4 Å². The van der Waals surface area contributed by atoms with E-state index in [1.54, 1.807) is 10.4 Å². The van der Waals surface area contributed by atoms with E-state index in [0.717, 1.165) is 0 Å². The second-order valence-corrected chi connectivity index (χ2v) is 7.30. The van der Waals surface area contributed by atoms with Gasteiger partial charge in [-0.15, -0.1) is 0 Å². The zero-order valence-electron chi connectivity index (χ0n) is 13.4. The third-order valence-electron chi connectivity index (χ3n) is 3.90. The van der Waals surface area contributed by atoms with Crippen LogP contribution in [0.5, 0.6) is 0 Å². The largest absolute Gasteiger partial charge is 0.392 e. The van der Waals surface area contributed by atoms with Crippen molar-refractivity contribution in [2.45, 2.75) is 17.4 Å². The monoisotopic (exact) mass is 384 g/mol. The van der Waals surface area contributed by atoms with Crippen LogP contribution in [0.3, 0.4) is 0 Å². The van der Waals surface area contributed by atoms with E-state index >= 15 is 0 Å². The summed E-state index contributed by atoms with van der Waals surface area (Å²) in [6.45, 7) is 0.746. The number of carbonyl (C=O) groups is 1. The second kappa shape index (κ2) is 7.56. The lowest BCUT2D eigenvalue weighted by Crippen LogP contribution is -2.25. The van der Waals surface area contributed by atoms with Crippen molar-refractivity contribution in [2.75, 3.05) is 18.4 Å². The summed E-state index contributed by atoms with van der Waals surface area (Å²) in [5.41, 5.74) is -0.110. The summed E-state index contributed by atoms with van der Waals surface area (Å²) in [6.07, 6.45) is -0.0122. The number of benzene rings is 2. The number of nitrogens with zero attached hydrogens (tertiary/aromatic N) is 1. The smallest absolute Gasteiger partial charge is 0.255 e. The lowest BCUT2D eigenvalue weighted by molar-refractivity contribution is 0.102. The van der Waals surface area contributed by atoms with Crippen LogP contribution in [0.1, 0.15) is 16.8 Å². The van der Waals surface area contributed by atoms with Crippen molar-refractivity contribution < 1.29 is 27.3 Å². The SMILES string of the molecule is O=C(Nc1cc(F)c(F)c(F)c1)c1cccc(S(=O)N2CCC(O)C2)c1. The Morgan fingerprint density at radius 2 is 1.88 bits per heavy atom. The molecule has 0 aromatic heterocycles. The van der Waals surface area contributed by atoms with E-state index < -0.39 is 40.4 Å². The van der Waals surface area contributed by atoms with Crippen molar-refractivity contribution in [1.82, 2.24) is 4.31 Å². The zero-order valence-corrected chi connectivity index (χ0v) is 14.2. The van der Waals surface area contributed by atoms with Crippen LogP contribution in [-0.2, 0) is 11.0 Å². The molecule has 2 N–H and O–H groups in total. The van der Waals surface area contributed by atoms with Gasteiger partial charge in [0.2, 0.25) is 0 Å². The third kappa shape index (κ3) is 3.95. The zero-order chi connectivity index (χ0) is 18.8. The van der Waals surface area contributed by atoms with Crippen molar-refractivity contribution in [3.8, 4) is 0 Å². The van der Waals surface area contributed by atoms with Gasteiger partial charge in [-0.2, -0.15) is 0 Å². The molecule has 9 heteroatoms. The van der Waals surface area contributed by atoms with E-state index in [-0.39, 0.29) is 17.8 Å². The van der Waals surface area contributed by atoms with Crippen LogP contribution < -0.4 is 5.32 Å². The minimum absolute atomic E-state index is 0.126. The minimum atomic E-state index is -1.62. The molecule has 0 saturated carbocycles. The Morgan fingerprint density at radius 3 is 2.50 bits per heavy atom. The minimum Gasteiger partial charge on any atom is -0.392 e. The van der Waals surface area contributed by atoms with Gasteiger partial charge in [0.05, 0.1) is 11.0 Å². The molecule has 3 rings (SSSR count). The number of aliphatic hydroxyl groups is 1. The molecule has 2 aromatic carbocycles. The number of anilines is 1. The molecule has 5 nitrogen and oxygen atoms in total. The molecule has 26 heavy (non-hydrogen) atoms. The van der Waals surface area contributed by atoms with Gasteiger partial charge in [-0.05, 0) is 24.6 Å². The van der Waals surface area contributed by atoms with Gasteiger partial charge in [0.15, 0.2) is 17.5 Å². The Labute approximate surface area is 150 Å². The van der Waals surface area contributed by atoms with E-state index in [1.807, 2.05) is 0 Å². The number of β-amino-alcohol motifs (C(OH)–C–C–N with tert-alkyl or cyclic N) is 1. The topological polar surface area (TPSA) is 69.6 Å². The first-order valence-corrected chi connectivity index (χ1v) is 8.86. The number of aliphatic hydroxyl groups excluding tert-OH is 1. The first kappa shape index (κ1) is 18.6. The van der Waals surface area contributed by atoms with Crippen molar-refractivity contribution >= 4 is 22.6 Å². The Kier molecular flexibility index (Phi) is 5.40. The summed E-state index contributed by atoms with van der Waals surface area (Å²) in [4.78, 5) is 12.6. The maximum Gasteiger partial charge on any atom is 0.255 e. The standard InChI is InChI=1S/C17H15F3N2O3S/c18-14-7-11(8-15(19)16(14)20)21-17(24)10-2-1-3-13(6-10)26(25)22-5-4-12(23)9-22/h1-3,6-8,12,23H,4-5,9H2,(H,21,24). The molecule has 2 unspecified atom stereocenters. The molecule has 0 aliphatic carbocycles. The number of carbonyl (C=O) groups excluding carboxylic acids is 1. The maximum absolute atomic E-state index is 13.2. The highest BCUT2D eigenvalue weighted by molar-refractivity contribution is 7.82. The predicted molar refractivity (Wildman–Crippen MR) is 89.3 cm³/mol. The molecule has 2 atom stereocenters. The van der Waals surface area contributed by atoms with Crippen LogP contribution in [-0.4, -0.2) is 38.7 Å². The van der Waals surface area contributed by atoms with Gasteiger partial charge >= 0.3 is 0 Å². The summed E-state index contributed by atoms with van der Waals surface area (Å²) < 4.78 is 53.5. The van der Waals surface area contributed by atoms with E-state index in [9.17, 15) is 27.3 Å². The van der Waals surface area contributed by atoms with Crippen LogP contribution in [0.15, 0.2) is 41.3 Å². The highest BCUT2D eigenvalue weighted by atomic mass is 32.2. The highest BCUT2D eigenvalue weighted by Gasteiger charge is 2.26. The average Bonchev–Trinajstić information content (AvgIpc) is 3.05. The molecule has 1 fully saturated rings. The van der Waals surface area contributed by atoms with Crippen molar-refractivity contribution in [3.05, 3.63) is 59.4 Å². The Balaban J connectivity index is 1.77. The molecule has 1 amide bonds. The highest BCUT2D eigenvalue weighted by Crippen LogP contribution is 2.21. The first-order chi connectivity index (χ1) is 12.3. The molecule has 138 valence electrons. The van der Waals surface area contributed by atoms with Crippen LogP contribution in [0, 0.1) is 17.5 Å². The van der Waals surface area contributed by atoms with Crippen molar-refractivity contribution in [2.24, 2.45) is 0 Å². The first-order valence-electron chi connectivity index (χ1n) is 7.76. The molecule has 1 aliphatic heterocycles. The van der Waals surface area contributed by atoms with E-state index in [4.69, 9.17) is 0 Å². The Morgan fingerprint density at radius 1 is 1.19 bits per heavy atom. The molecule has 2 aromatic rings. The Bertz CT molecular complexity index is 855. The van der Waals surface area contributed by atoms with Crippen molar-refractivity contribution in [3.63, 3.8) is 0 Å². The molecule has 1 heterocycles. The fraction of sp³-hybridized carbons (Fsp3) is 0.235. The second-order valence-electron chi connectivity index (χ2n) is 5.82. The molecular weight excluding hydrogens is 369 g/mol. The summed E-state index contributed by atoms with van der Waals surface area (Å²) >= 11 is 0. The number of rotatable bonds is 4. The molecule has 1 aliphatic rings. The lowest BCUT2D eigenvalue weighted by atomic mass is 10.2.